The summed E-state index contributed by atoms with van der Waals surface area (Å²) in [6, 6.07) is 13.2. The van der Waals surface area contributed by atoms with Crippen molar-refractivity contribution in [2.45, 2.75) is 31.6 Å². The second-order valence-corrected chi connectivity index (χ2v) is 6.40. The molecule has 1 N–H and O–H groups in total. The van der Waals surface area contributed by atoms with Crippen LogP contribution in [-0.2, 0) is 12.7 Å². The second-order valence-electron chi connectivity index (χ2n) is 6.40. The maximum absolute atomic E-state index is 13.4. The Kier molecular flexibility index (Phi) is 5.27. The van der Waals surface area contributed by atoms with Crippen LogP contribution in [0.25, 0.3) is 0 Å². The number of nitrogens with zero attached hydrogens (tertiary/aromatic N) is 1. The number of likely N-dealkylation sites (tertiary alicyclic amines) is 1. The van der Waals surface area contributed by atoms with Gasteiger partial charge in [0, 0.05) is 24.8 Å². The maximum Gasteiger partial charge on any atom is 0.419 e. The summed E-state index contributed by atoms with van der Waals surface area (Å²) in [5.74, 6) is -1.24. The fourth-order valence-corrected chi connectivity index (χ4v) is 3.23. The molecule has 0 radical (unpaired) electrons. The average Bonchev–Trinajstić information content (AvgIpc) is 2.57. The molecule has 2 nitrogen and oxygen atoms in total. The summed E-state index contributed by atoms with van der Waals surface area (Å²) in [7, 11) is 0. The lowest BCUT2D eigenvalue weighted by molar-refractivity contribution is -0.139. The lowest BCUT2D eigenvalue weighted by Crippen LogP contribution is -2.41. The third kappa shape index (κ3) is 4.72. The highest BCUT2D eigenvalue weighted by atomic mass is 19.4. The minimum Gasteiger partial charge on any atom is -0.381 e. The van der Waals surface area contributed by atoms with Gasteiger partial charge in [-0.1, -0.05) is 30.3 Å². The van der Waals surface area contributed by atoms with Gasteiger partial charge in [-0.05, 0) is 43.1 Å². The van der Waals surface area contributed by atoms with Crippen LogP contribution in [0.15, 0.2) is 48.5 Å². The minimum atomic E-state index is -4.69. The molecular weight excluding hydrogens is 332 g/mol. The summed E-state index contributed by atoms with van der Waals surface area (Å²) in [5, 5.41) is 3.13. The summed E-state index contributed by atoms with van der Waals surface area (Å²) < 4.78 is 51.9. The Morgan fingerprint density at radius 2 is 1.84 bits per heavy atom. The SMILES string of the molecule is Fc1ccc(NC2CCCN(Cc3ccccc3)C2)cc1C(F)(F)F. The van der Waals surface area contributed by atoms with E-state index in [4.69, 9.17) is 0 Å². The molecule has 3 rings (SSSR count). The fourth-order valence-electron chi connectivity index (χ4n) is 3.23. The lowest BCUT2D eigenvalue weighted by atomic mass is 10.0. The molecular formula is C19H20F4N2. The van der Waals surface area contributed by atoms with Crippen molar-refractivity contribution in [3.8, 4) is 0 Å². The van der Waals surface area contributed by atoms with Crippen molar-refractivity contribution in [2.75, 3.05) is 18.4 Å². The molecule has 1 aliphatic heterocycles. The zero-order valence-corrected chi connectivity index (χ0v) is 13.7. The number of piperidine rings is 1. The van der Waals surface area contributed by atoms with E-state index in [0.29, 0.717) is 5.69 Å². The molecule has 25 heavy (non-hydrogen) atoms. The first-order valence-electron chi connectivity index (χ1n) is 8.31. The summed E-state index contributed by atoms with van der Waals surface area (Å²) >= 11 is 0. The van der Waals surface area contributed by atoms with E-state index < -0.39 is 17.6 Å². The smallest absolute Gasteiger partial charge is 0.381 e. The molecule has 6 heteroatoms. The molecule has 134 valence electrons. The van der Waals surface area contributed by atoms with Crippen LogP contribution in [-0.4, -0.2) is 24.0 Å². The number of benzene rings is 2. The molecule has 0 aliphatic carbocycles. The zero-order valence-electron chi connectivity index (χ0n) is 13.7. The van der Waals surface area contributed by atoms with Gasteiger partial charge in [-0.15, -0.1) is 0 Å². The molecule has 0 amide bonds. The Balaban J connectivity index is 1.65. The summed E-state index contributed by atoms with van der Waals surface area (Å²) in [6.45, 7) is 2.52. The number of rotatable bonds is 4. The second kappa shape index (κ2) is 7.44. The number of hydrogen-bond donors (Lipinski definition) is 1. The van der Waals surface area contributed by atoms with Crippen LogP contribution in [0.2, 0.25) is 0 Å². The molecule has 1 aliphatic rings. The predicted octanol–water partition coefficient (Wildman–Crippen LogP) is 4.92. The average molecular weight is 352 g/mol. The molecule has 0 saturated carbocycles. The first-order valence-corrected chi connectivity index (χ1v) is 8.31. The normalized spacial score (nSPS) is 19.0. The van der Waals surface area contributed by atoms with Gasteiger partial charge in [-0.25, -0.2) is 4.39 Å². The quantitative estimate of drug-likeness (QED) is 0.786. The highest BCUT2D eigenvalue weighted by Gasteiger charge is 2.34. The van der Waals surface area contributed by atoms with Crippen molar-refractivity contribution >= 4 is 5.69 Å². The van der Waals surface area contributed by atoms with Gasteiger partial charge in [-0.3, -0.25) is 4.90 Å². The van der Waals surface area contributed by atoms with E-state index in [1.165, 1.54) is 11.6 Å². The largest absolute Gasteiger partial charge is 0.419 e. The molecule has 0 spiro atoms. The van der Waals surface area contributed by atoms with E-state index in [0.717, 1.165) is 44.6 Å². The van der Waals surface area contributed by atoms with E-state index in [2.05, 4.69) is 22.3 Å². The predicted molar refractivity (Wildman–Crippen MR) is 89.8 cm³/mol. The van der Waals surface area contributed by atoms with E-state index in [9.17, 15) is 17.6 Å². The molecule has 1 atom stereocenters. The van der Waals surface area contributed by atoms with Gasteiger partial charge in [0.25, 0.3) is 0 Å². The fraction of sp³-hybridized carbons (Fsp3) is 0.368. The van der Waals surface area contributed by atoms with E-state index >= 15 is 0 Å². The molecule has 1 saturated heterocycles. The van der Waals surface area contributed by atoms with Gasteiger partial charge in [-0.2, -0.15) is 13.2 Å². The van der Waals surface area contributed by atoms with Crippen LogP contribution in [0.5, 0.6) is 0 Å². The number of nitrogens with one attached hydrogen (secondary N) is 1. The van der Waals surface area contributed by atoms with Crippen LogP contribution in [0.3, 0.4) is 0 Å². The molecule has 1 unspecified atom stereocenters. The lowest BCUT2D eigenvalue weighted by Gasteiger charge is -2.33. The standard InChI is InChI=1S/C19H20F4N2/c20-18-9-8-15(11-17(18)19(21,22)23)24-16-7-4-10-25(13-16)12-14-5-2-1-3-6-14/h1-3,5-6,8-9,11,16,24H,4,7,10,12-13H2. The zero-order chi connectivity index (χ0) is 17.9. The molecule has 2 aromatic carbocycles. The van der Waals surface area contributed by atoms with Crippen LogP contribution in [0, 0.1) is 5.82 Å². The Morgan fingerprint density at radius 3 is 2.56 bits per heavy atom. The number of anilines is 1. The van der Waals surface area contributed by atoms with Crippen molar-refractivity contribution in [2.24, 2.45) is 0 Å². The minimum absolute atomic E-state index is 0.0454. The van der Waals surface area contributed by atoms with Crippen molar-refractivity contribution in [3.63, 3.8) is 0 Å². The summed E-state index contributed by atoms with van der Waals surface area (Å²) in [6.07, 6.45) is -2.84. The highest BCUT2D eigenvalue weighted by Crippen LogP contribution is 2.33. The number of halogens is 4. The monoisotopic (exact) mass is 352 g/mol. The van der Waals surface area contributed by atoms with Crippen LogP contribution >= 0.6 is 0 Å². The Hall–Kier alpha value is -2.08. The van der Waals surface area contributed by atoms with Gasteiger partial charge < -0.3 is 5.32 Å². The molecule has 0 aromatic heterocycles. The maximum atomic E-state index is 13.4. The first-order chi connectivity index (χ1) is 11.9. The molecule has 1 fully saturated rings. The van der Waals surface area contributed by atoms with Gasteiger partial charge in [0.2, 0.25) is 0 Å². The number of alkyl halides is 3. The topological polar surface area (TPSA) is 15.3 Å². The van der Waals surface area contributed by atoms with E-state index in [-0.39, 0.29) is 6.04 Å². The van der Waals surface area contributed by atoms with Gasteiger partial charge in [0.1, 0.15) is 5.82 Å². The first kappa shape index (κ1) is 17.7. The number of hydrogen-bond acceptors (Lipinski definition) is 2. The third-order valence-corrected chi connectivity index (χ3v) is 4.40. The Morgan fingerprint density at radius 1 is 1.08 bits per heavy atom. The molecule has 2 aromatic rings. The highest BCUT2D eigenvalue weighted by molar-refractivity contribution is 5.48. The van der Waals surface area contributed by atoms with Crippen molar-refractivity contribution < 1.29 is 17.6 Å². The van der Waals surface area contributed by atoms with Crippen molar-refractivity contribution in [1.29, 1.82) is 0 Å². The van der Waals surface area contributed by atoms with Gasteiger partial charge >= 0.3 is 6.18 Å². The summed E-state index contributed by atoms with van der Waals surface area (Å²) in [5.41, 5.74) is 0.291. The van der Waals surface area contributed by atoms with Gasteiger partial charge in [0.05, 0.1) is 5.56 Å². The van der Waals surface area contributed by atoms with Crippen LogP contribution in [0.1, 0.15) is 24.0 Å². The molecule has 0 bridgehead atoms. The van der Waals surface area contributed by atoms with Gasteiger partial charge in [0.15, 0.2) is 0 Å². The van der Waals surface area contributed by atoms with E-state index in [1.54, 1.807) is 0 Å². The molecule has 1 heterocycles. The summed E-state index contributed by atoms with van der Waals surface area (Å²) in [4.78, 5) is 2.28. The van der Waals surface area contributed by atoms with E-state index in [1.807, 2.05) is 18.2 Å². The van der Waals surface area contributed by atoms with Crippen LogP contribution < -0.4 is 5.32 Å². The third-order valence-electron chi connectivity index (χ3n) is 4.40. The van der Waals surface area contributed by atoms with Crippen molar-refractivity contribution in [3.05, 3.63) is 65.5 Å². The van der Waals surface area contributed by atoms with Crippen LogP contribution in [0.4, 0.5) is 23.2 Å². The Labute approximate surface area is 144 Å². The Bertz CT molecular complexity index is 700. The van der Waals surface area contributed by atoms with Crippen molar-refractivity contribution in [1.82, 2.24) is 4.90 Å².